The zero-order valence-electron chi connectivity index (χ0n) is 50.7. The van der Waals surface area contributed by atoms with Crippen molar-refractivity contribution in [2.45, 2.75) is 371 Å². The lowest BCUT2D eigenvalue weighted by molar-refractivity contribution is -0.303. The van der Waals surface area contributed by atoms with E-state index in [1.54, 1.807) is 0 Å². The fourth-order valence-corrected chi connectivity index (χ4v) is 10.8. The van der Waals surface area contributed by atoms with E-state index in [2.05, 4.69) is 55.6 Å². The van der Waals surface area contributed by atoms with Crippen LogP contribution in [0.15, 0.2) is 36.5 Å². The molecule has 9 unspecified atom stereocenters. The molecule has 78 heavy (non-hydrogen) atoms. The van der Waals surface area contributed by atoms with Gasteiger partial charge in [-0.05, 0) is 64.2 Å². The van der Waals surface area contributed by atoms with Gasteiger partial charge < -0.3 is 50.5 Å². The fraction of sp³-hybridized carbons (Fsp3) is 0.896. The highest BCUT2D eigenvalue weighted by molar-refractivity contribution is 5.80. The monoisotopic (exact) mass is 1110 g/mol. The van der Waals surface area contributed by atoms with E-state index in [4.69, 9.17) is 9.47 Å². The van der Waals surface area contributed by atoms with Crippen molar-refractivity contribution in [3.63, 3.8) is 0 Å². The van der Waals surface area contributed by atoms with Crippen molar-refractivity contribution in [3.05, 3.63) is 36.5 Å². The summed E-state index contributed by atoms with van der Waals surface area (Å²) in [5, 5.41) is 76.3. The fourth-order valence-electron chi connectivity index (χ4n) is 10.8. The predicted molar refractivity (Wildman–Crippen MR) is 325 cm³/mol. The van der Waals surface area contributed by atoms with Gasteiger partial charge in [0.05, 0.1) is 25.4 Å². The van der Waals surface area contributed by atoms with Gasteiger partial charge in [0.25, 0.3) is 0 Å². The van der Waals surface area contributed by atoms with E-state index in [-0.39, 0.29) is 12.8 Å². The van der Waals surface area contributed by atoms with E-state index in [1.807, 2.05) is 0 Å². The summed E-state index contributed by atoms with van der Waals surface area (Å²) in [5.41, 5.74) is 0. The quantitative estimate of drug-likeness (QED) is 0.0215. The number of carbonyl (C=O) groups is 1. The molecule has 1 saturated heterocycles. The first-order chi connectivity index (χ1) is 38.2. The van der Waals surface area contributed by atoms with Gasteiger partial charge >= 0.3 is 0 Å². The zero-order chi connectivity index (χ0) is 56.8. The highest BCUT2D eigenvalue weighted by Crippen LogP contribution is 2.24. The summed E-state index contributed by atoms with van der Waals surface area (Å²) in [4.78, 5) is 13.2. The number of ether oxygens (including phenoxy) is 2. The molecule has 1 aliphatic heterocycles. The molecule has 11 nitrogen and oxygen atoms in total. The maximum Gasteiger partial charge on any atom is 0.249 e. The molecule has 460 valence electrons. The third-order valence-electron chi connectivity index (χ3n) is 16.2. The number of unbranched alkanes of at least 4 members (excludes halogenated alkanes) is 40. The van der Waals surface area contributed by atoms with Gasteiger partial charge in [-0.25, -0.2) is 0 Å². The molecule has 0 spiro atoms. The molecule has 1 fully saturated rings. The average Bonchev–Trinajstić information content (AvgIpc) is 3.46. The van der Waals surface area contributed by atoms with Crippen LogP contribution < -0.4 is 5.32 Å². The van der Waals surface area contributed by atoms with Gasteiger partial charge in [-0.2, -0.15) is 0 Å². The summed E-state index contributed by atoms with van der Waals surface area (Å²) >= 11 is 0. The molecular formula is C67H127NO10. The summed E-state index contributed by atoms with van der Waals surface area (Å²) < 4.78 is 11.2. The third-order valence-corrected chi connectivity index (χ3v) is 16.2. The van der Waals surface area contributed by atoms with Crippen LogP contribution in [-0.2, 0) is 14.3 Å². The van der Waals surface area contributed by atoms with Gasteiger partial charge in [-0.1, -0.05) is 288 Å². The highest BCUT2D eigenvalue weighted by Gasteiger charge is 2.44. The molecule has 1 rings (SSSR count). The Balaban J connectivity index is 2.24. The smallest absolute Gasteiger partial charge is 0.249 e. The van der Waals surface area contributed by atoms with Gasteiger partial charge in [0, 0.05) is 0 Å². The second-order valence-corrected chi connectivity index (χ2v) is 23.5. The number of amides is 1. The Morgan fingerprint density at radius 3 is 1.14 bits per heavy atom. The average molecular weight is 1110 g/mol. The van der Waals surface area contributed by atoms with E-state index in [1.165, 1.54) is 225 Å². The molecule has 0 radical (unpaired) electrons. The van der Waals surface area contributed by atoms with Crippen molar-refractivity contribution in [3.8, 4) is 0 Å². The minimum absolute atomic E-state index is 0.243. The molecule has 1 aliphatic rings. The lowest BCUT2D eigenvalue weighted by Crippen LogP contribution is -2.60. The summed E-state index contributed by atoms with van der Waals surface area (Å²) in [6, 6.07) is -1.19. The highest BCUT2D eigenvalue weighted by atomic mass is 16.7. The lowest BCUT2D eigenvalue weighted by Gasteiger charge is -2.40. The number of nitrogens with one attached hydrogen (secondary N) is 1. The Labute approximate surface area is 479 Å². The van der Waals surface area contributed by atoms with Gasteiger partial charge in [0.15, 0.2) is 6.29 Å². The largest absolute Gasteiger partial charge is 0.394 e. The van der Waals surface area contributed by atoms with E-state index in [0.717, 1.165) is 44.9 Å². The van der Waals surface area contributed by atoms with Gasteiger partial charge in [0.2, 0.25) is 5.91 Å². The molecule has 8 N–H and O–H groups in total. The van der Waals surface area contributed by atoms with Crippen LogP contribution in [-0.4, -0.2) is 110 Å². The Kier molecular flexibility index (Phi) is 53.2. The number of rotatable bonds is 58. The van der Waals surface area contributed by atoms with Crippen LogP contribution in [0.3, 0.4) is 0 Å². The predicted octanol–water partition coefficient (Wildman–Crippen LogP) is 15.4. The number of hydrogen-bond donors (Lipinski definition) is 8. The van der Waals surface area contributed by atoms with Crippen LogP contribution in [0.4, 0.5) is 0 Å². The number of hydrogen-bond acceptors (Lipinski definition) is 10. The summed E-state index contributed by atoms with van der Waals surface area (Å²) in [5.74, 6) is -0.707. The summed E-state index contributed by atoms with van der Waals surface area (Å²) in [6.07, 6.45) is 59.4. The van der Waals surface area contributed by atoms with E-state index < -0.39 is 74.2 Å². The Morgan fingerprint density at radius 1 is 0.436 bits per heavy atom. The number of aliphatic hydroxyl groups is 7. The number of carbonyl (C=O) groups excluding carboxylic acids is 1. The zero-order valence-corrected chi connectivity index (χ0v) is 50.7. The van der Waals surface area contributed by atoms with Crippen molar-refractivity contribution in [1.29, 1.82) is 0 Å². The molecule has 1 heterocycles. The third kappa shape index (κ3) is 43.1. The first-order valence-electron chi connectivity index (χ1n) is 33.4. The van der Waals surface area contributed by atoms with Crippen LogP contribution in [0.1, 0.15) is 316 Å². The molecule has 0 bridgehead atoms. The molecule has 0 aromatic rings. The maximum absolute atomic E-state index is 13.2. The van der Waals surface area contributed by atoms with Crippen LogP contribution in [0, 0.1) is 0 Å². The molecule has 0 aromatic carbocycles. The van der Waals surface area contributed by atoms with E-state index in [0.29, 0.717) is 19.3 Å². The second-order valence-electron chi connectivity index (χ2n) is 23.5. The van der Waals surface area contributed by atoms with Crippen LogP contribution >= 0.6 is 0 Å². The SMILES string of the molecule is CCCCCCCCCCC/C=C/CC/C=C/CC/C=C/CCCC(O)C(O)C(COC1OC(CO)C(O)C(O)C1O)NC(=O)C(O)CCCCCCCCCCCCCCCCCCCCCCCCCCCCCCC. The van der Waals surface area contributed by atoms with E-state index >= 15 is 0 Å². The van der Waals surface area contributed by atoms with Gasteiger partial charge in [-0.3, -0.25) is 4.79 Å². The Hall–Kier alpha value is -1.67. The molecule has 9 atom stereocenters. The minimum atomic E-state index is -1.67. The topological polar surface area (TPSA) is 189 Å². The second kappa shape index (κ2) is 55.8. The minimum Gasteiger partial charge on any atom is -0.394 e. The Morgan fingerprint density at radius 2 is 0.769 bits per heavy atom. The lowest BCUT2D eigenvalue weighted by atomic mass is 9.98. The summed E-state index contributed by atoms with van der Waals surface area (Å²) in [7, 11) is 0. The van der Waals surface area contributed by atoms with Crippen LogP contribution in [0.25, 0.3) is 0 Å². The number of allylic oxidation sites excluding steroid dienone is 6. The summed E-state index contributed by atoms with van der Waals surface area (Å²) in [6.45, 7) is 3.48. The van der Waals surface area contributed by atoms with Crippen molar-refractivity contribution < 1.29 is 50.0 Å². The molecule has 0 saturated carbocycles. The van der Waals surface area contributed by atoms with Crippen molar-refractivity contribution in [2.24, 2.45) is 0 Å². The standard InChI is InChI=1S/C67H127NO10/c1-3-5-7-9-11-13-15-17-19-21-23-25-27-28-29-30-31-32-33-35-37-39-41-43-45-47-49-51-53-55-60(71)66(76)68-58(57-77-67-65(75)64(74)63(73)61(56-69)78-67)62(72)59(70)54-52-50-48-46-44-42-40-38-36-34-26-24-22-20-18-16-14-12-10-8-6-4-2/h24,26,38,40,46,48,58-65,67,69-75H,3-23,25,27-37,39,41-45,47,49-57H2,1-2H3,(H,68,76)/b26-24+,40-38+,48-46+. The normalized spacial score (nSPS) is 19.6. The molecule has 0 aromatic heterocycles. The Bertz CT molecular complexity index is 1360. The van der Waals surface area contributed by atoms with Crippen LogP contribution in [0.5, 0.6) is 0 Å². The first kappa shape index (κ1) is 74.3. The number of aliphatic hydroxyl groups excluding tert-OH is 7. The van der Waals surface area contributed by atoms with Crippen molar-refractivity contribution in [2.75, 3.05) is 13.2 Å². The van der Waals surface area contributed by atoms with Gasteiger partial charge in [0.1, 0.15) is 36.6 Å². The van der Waals surface area contributed by atoms with E-state index in [9.17, 15) is 40.5 Å². The van der Waals surface area contributed by atoms with Crippen molar-refractivity contribution >= 4 is 5.91 Å². The van der Waals surface area contributed by atoms with Crippen molar-refractivity contribution in [1.82, 2.24) is 5.32 Å². The molecule has 11 heteroatoms. The molecule has 1 amide bonds. The molecule has 0 aliphatic carbocycles. The molecular weight excluding hydrogens is 979 g/mol. The maximum atomic E-state index is 13.2. The van der Waals surface area contributed by atoms with Crippen LogP contribution in [0.2, 0.25) is 0 Å². The van der Waals surface area contributed by atoms with Gasteiger partial charge in [-0.15, -0.1) is 0 Å². The first-order valence-corrected chi connectivity index (χ1v) is 33.4.